The lowest BCUT2D eigenvalue weighted by Crippen LogP contribution is -2.42. The van der Waals surface area contributed by atoms with Gasteiger partial charge in [0, 0.05) is 25.3 Å². The Balaban J connectivity index is 1.57. The van der Waals surface area contributed by atoms with E-state index >= 15 is 0 Å². The van der Waals surface area contributed by atoms with Crippen LogP contribution in [0.1, 0.15) is 28.9 Å². The zero-order valence-electron chi connectivity index (χ0n) is 12.6. The number of alkyl halides is 3. The van der Waals surface area contributed by atoms with Gasteiger partial charge in [-0.3, -0.25) is 4.79 Å². The van der Waals surface area contributed by atoms with Gasteiger partial charge in [0.2, 0.25) is 5.95 Å². The minimum Gasteiger partial charge on any atom is -0.472 e. The van der Waals surface area contributed by atoms with Gasteiger partial charge >= 0.3 is 6.18 Å². The Labute approximate surface area is 135 Å². The second kappa shape index (κ2) is 6.50. The minimum absolute atomic E-state index is 0.0514. The first-order valence-electron chi connectivity index (χ1n) is 7.42. The van der Waals surface area contributed by atoms with Crippen LogP contribution in [0.2, 0.25) is 0 Å². The highest BCUT2D eigenvalue weighted by Gasteiger charge is 2.33. The molecule has 128 valence electrons. The summed E-state index contributed by atoms with van der Waals surface area (Å²) in [5.41, 5.74) is -0.491. The minimum atomic E-state index is -4.50. The number of hydrogen-bond donors (Lipinski definition) is 1. The van der Waals surface area contributed by atoms with E-state index in [2.05, 4.69) is 15.3 Å². The number of hydrogen-bond acceptors (Lipinski definition) is 5. The van der Waals surface area contributed by atoms with Crippen LogP contribution in [0.15, 0.2) is 35.3 Å². The Morgan fingerprint density at radius 3 is 2.67 bits per heavy atom. The normalized spacial score (nSPS) is 16.2. The summed E-state index contributed by atoms with van der Waals surface area (Å²) < 4.78 is 42.9. The van der Waals surface area contributed by atoms with Gasteiger partial charge in [-0.2, -0.15) is 13.2 Å². The molecule has 1 N–H and O–H groups in total. The van der Waals surface area contributed by atoms with E-state index in [0.29, 0.717) is 31.5 Å². The maximum absolute atomic E-state index is 12.7. The van der Waals surface area contributed by atoms with Crippen LogP contribution in [0, 0.1) is 0 Å². The predicted molar refractivity (Wildman–Crippen MR) is 78.3 cm³/mol. The first kappa shape index (κ1) is 16.3. The molecule has 1 aliphatic heterocycles. The van der Waals surface area contributed by atoms with E-state index in [1.807, 2.05) is 0 Å². The standard InChI is InChI=1S/C15H15F3N4O2/c16-15(17,18)12-1-5-19-14(21-12)20-11-2-6-22(7-3-11)13(23)10-4-8-24-9-10/h1,4-5,8-9,11H,2-3,6-7H2,(H,19,20,21). The van der Waals surface area contributed by atoms with Gasteiger partial charge < -0.3 is 14.6 Å². The van der Waals surface area contributed by atoms with Crippen LogP contribution in [0.5, 0.6) is 0 Å². The quantitative estimate of drug-likeness (QED) is 0.930. The van der Waals surface area contributed by atoms with Gasteiger partial charge in [-0.15, -0.1) is 0 Å². The summed E-state index contributed by atoms with van der Waals surface area (Å²) in [6.45, 7) is 1.00. The van der Waals surface area contributed by atoms with E-state index in [1.165, 1.54) is 12.5 Å². The molecule has 0 spiro atoms. The molecule has 1 amide bonds. The Bertz CT molecular complexity index is 695. The molecule has 3 rings (SSSR count). The molecule has 0 bridgehead atoms. The van der Waals surface area contributed by atoms with Gasteiger partial charge in [0.15, 0.2) is 0 Å². The summed E-state index contributed by atoms with van der Waals surface area (Å²) in [6.07, 6.45) is 0.609. The average molecular weight is 340 g/mol. The molecule has 6 nitrogen and oxygen atoms in total. The smallest absolute Gasteiger partial charge is 0.433 e. The SMILES string of the molecule is O=C(c1ccoc1)N1CCC(Nc2nccc(C(F)(F)F)n2)CC1. The monoisotopic (exact) mass is 340 g/mol. The number of furan rings is 1. The molecule has 1 aliphatic rings. The van der Waals surface area contributed by atoms with Crippen molar-refractivity contribution in [1.82, 2.24) is 14.9 Å². The second-order valence-corrected chi connectivity index (χ2v) is 5.49. The summed E-state index contributed by atoms with van der Waals surface area (Å²) in [4.78, 5) is 21.2. The van der Waals surface area contributed by atoms with Crippen molar-refractivity contribution in [3.63, 3.8) is 0 Å². The summed E-state index contributed by atoms with van der Waals surface area (Å²) >= 11 is 0. The van der Waals surface area contributed by atoms with Crippen LogP contribution in [-0.2, 0) is 6.18 Å². The molecule has 2 aromatic heterocycles. The average Bonchev–Trinajstić information content (AvgIpc) is 3.09. The van der Waals surface area contributed by atoms with Crippen LogP contribution in [0.25, 0.3) is 0 Å². The van der Waals surface area contributed by atoms with Crippen LogP contribution in [-0.4, -0.2) is 39.9 Å². The second-order valence-electron chi connectivity index (χ2n) is 5.49. The lowest BCUT2D eigenvalue weighted by atomic mass is 10.0. The Kier molecular flexibility index (Phi) is 4.41. The summed E-state index contributed by atoms with van der Waals surface area (Å²) in [5, 5.41) is 2.91. The van der Waals surface area contributed by atoms with Gasteiger partial charge in [-0.1, -0.05) is 0 Å². The van der Waals surface area contributed by atoms with Gasteiger partial charge in [-0.05, 0) is 25.0 Å². The van der Waals surface area contributed by atoms with Gasteiger partial charge in [0.25, 0.3) is 5.91 Å². The maximum Gasteiger partial charge on any atom is 0.433 e. The molecule has 9 heteroatoms. The largest absolute Gasteiger partial charge is 0.472 e. The molecule has 0 atom stereocenters. The molecule has 0 saturated carbocycles. The summed E-state index contributed by atoms with van der Waals surface area (Å²) in [5.74, 6) is -0.165. The van der Waals surface area contributed by atoms with Crippen molar-refractivity contribution in [3.05, 3.63) is 42.1 Å². The van der Waals surface area contributed by atoms with Crippen LogP contribution in [0.4, 0.5) is 19.1 Å². The summed E-state index contributed by atoms with van der Waals surface area (Å²) in [7, 11) is 0. The molecule has 1 fully saturated rings. The third-order valence-corrected chi connectivity index (χ3v) is 3.83. The number of carbonyl (C=O) groups is 1. The van der Waals surface area contributed by atoms with E-state index in [4.69, 9.17) is 4.42 Å². The van der Waals surface area contributed by atoms with E-state index in [-0.39, 0.29) is 17.9 Å². The number of anilines is 1. The number of likely N-dealkylation sites (tertiary alicyclic amines) is 1. The van der Waals surface area contributed by atoms with E-state index in [9.17, 15) is 18.0 Å². The number of carbonyl (C=O) groups excluding carboxylic acids is 1. The molecule has 24 heavy (non-hydrogen) atoms. The zero-order valence-corrected chi connectivity index (χ0v) is 12.6. The Morgan fingerprint density at radius 2 is 2.04 bits per heavy atom. The van der Waals surface area contributed by atoms with Crippen molar-refractivity contribution in [2.24, 2.45) is 0 Å². The Hall–Kier alpha value is -2.58. The number of nitrogens with one attached hydrogen (secondary N) is 1. The lowest BCUT2D eigenvalue weighted by Gasteiger charge is -2.32. The number of halogens is 3. The fourth-order valence-corrected chi connectivity index (χ4v) is 2.56. The molecule has 0 aromatic carbocycles. The predicted octanol–water partition coefficient (Wildman–Crippen LogP) is 2.81. The lowest BCUT2D eigenvalue weighted by molar-refractivity contribution is -0.141. The van der Waals surface area contributed by atoms with E-state index in [0.717, 1.165) is 12.3 Å². The van der Waals surface area contributed by atoms with Crippen molar-refractivity contribution >= 4 is 11.9 Å². The third-order valence-electron chi connectivity index (χ3n) is 3.83. The third kappa shape index (κ3) is 3.66. The van der Waals surface area contributed by atoms with Crippen LogP contribution < -0.4 is 5.32 Å². The van der Waals surface area contributed by atoms with E-state index in [1.54, 1.807) is 11.0 Å². The maximum atomic E-state index is 12.7. The van der Waals surface area contributed by atoms with Crippen molar-refractivity contribution in [2.45, 2.75) is 25.1 Å². The van der Waals surface area contributed by atoms with Crippen molar-refractivity contribution < 1.29 is 22.4 Å². The molecule has 3 heterocycles. The molecule has 0 aliphatic carbocycles. The zero-order chi connectivity index (χ0) is 17.2. The van der Waals surface area contributed by atoms with Gasteiger partial charge in [-0.25, -0.2) is 9.97 Å². The van der Waals surface area contributed by atoms with Gasteiger partial charge in [0.1, 0.15) is 12.0 Å². The molecule has 1 saturated heterocycles. The molecular weight excluding hydrogens is 325 g/mol. The number of amides is 1. The summed E-state index contributed by atoms with van der Waals surface area (Å²) in [6, 6.07) is 2.35. The van der Waals surface area contributed by atoms with Crippen molar-refractivity contribution in [2.75, 3.05) is 18.4 Å². The van der Waals surface area contributed by atoms with Crippen molar-refractivity contribution in [1.29, 1.82) is 0 Å². The topological polar surface area (TPSA) is 71.3 Å². The van der Waals surface area contributed by atoms with E-state index < -0.39 is 11.9 Å². The molecule has 0 unspecified atom stereocenters. The fourth-order valence-electron chi connectivity index (χ4n) is 2.56. The number of aromatic nitrogens is 2. The Morgan fingerprint density at radius 1 is 1.29 bits per heavy atom. The fraction of sp³-hybridized carbons (Fsp3) is 0.400. The first-order valence-corrected chi connectivity index (χ1v) is 7.42. The van der Waals surface area contributed by atoms with Gasteiger partial charge in [0.05, 0.1) is 11.8 Å². The first-order chi connectivity index (χ1) is 11.4. The molecule has 2 aromatic rings. The van der Waals surface area contributed by atoms with Crippen LogP contribution in [0.3, 0.4) is 0 Å². The molecule has 0 radical (unpaired) electrons. The van der Waals surface area contributed by atoms with Crippen LogP contribution >= 0.6 is 0 Å². The number of nitrogens with zero attached hydrogens (tertiary/aromatic N) is 3. The highest BCUT2D eigenvalue weighted by Crippen LogP contribution is 2.28. The van der Waals surface area contributed by atoms with Crippen molar-refractivity contribution in [3.8, 4) is 0 Å². The number of rotatable bonds is 3. The highest BCUT2D eigenvalue weighted by molar-refractivity contribution is 5.93. The highest BCUT2D eigenvalue weighted by atomic mass is 19.4. The number of piperidine rings is 1. The molecular formula is C15H15F3N4O2.